The average molecular weight is 261 g/mol. The number of Topliss-reactive ketones (excluding diaryl/α,β-unsaturated/α-hetero) is 1. The van der Waals surface area contributed by atoms with Gasteiger partial charge in [-0.2, -0.15) is 0 Å². The minimum atomic E-state index is -0.968. The predicted molar refractivity (Wildman–Crippen MR) is 72.6 cm³/mol. The molecule has 1 N–H and O–H groups in total. The standard InChI is InChI=1S/C15H19NO3/c1-11(10-16-8-2-3-9-16)14(17)12-4-6-13(7-5-12)15(18)19/h4-7,11H,2-3,8-10H2,1H3,(H,18,19). The van der Waals surface area contributed by atoms with E-state index >= 15 is 0 Å². The van der Waals surface area contributed by atoms with Crippen LogP contribution < -0.4 is 0 Å². The number of likely N-dealkylation sites (tertiary alicyclic amines) is 1. The number of benzene rings is 1. The summed E-state index contributed by atoms with van der Waals surface area (Å²) in [5.41, 5.74) is 0.806. The van der Waals surface area contributed by atoms with E-state index in [0.717, 1.165) is 19.6 Å². The summed E-state index contributed by atoms with van der Waals surface area (Å²) in [5.74, 6) is -0.929. The fraction of sp³-hybridized carbons (Fsp3) is 0.467. The molecule has 1 aromatic carbocycles. The molecule has 19 heavy (non-hydrogen) atoms. The summed E-state index contributed by atoms with van der Waals surface area (Å²) in [4.78, 5) is 25.3. The molecule has 2 rings (SSSR count). The third kappa shape index (κ3) is 3.41. The number of carbonyl (C=O) groups is 2. The highest BCUT2D eigenvalue weighted by Gasteiger charge is 2.20. The van der Waals surface area contributed by atoms with Crippen molar-refractivity contribution < 1.29 is 14.7 Å². The second-order valence-electron chi connectivity index (χ2n) is 5.16. The Balaban J connectivity index is 1.99. The molecule has 1 fully saturated rings. The fourth-order valence-electron chi connectivity index (χ4n) is 2.50. The number of rotatable bonds is 5. The van der Waals surface area contributed by atoms with Crippen LogP contribution in [0.2, 0.25) is 0 Å². The Morgan fingerprint density at radius 2 is 1.68 bits per heavy atom. The van der Waals surface area contributed by atoms with Gasteiger partial charge in [-0.05, 0) is 38.1 Å². The maximum atomic E-state index is 12.2. The minimum absolute atomic E-state index is 0.0474. The molecule has 0 aliphatic carbocycles. The van der Waals surface area contributed by atoms with E-state index in [0.29, 0.717) is 5.56 Å². The molecule has 1 saturated heterocycles. The molecular formula is C15H19NO3. The van der Waals surface area contributed by atoms with Gasteiger partial charge in [0.25, 0.3) is 0 Å². The lowest BCUT2D eigenvalue weighted by Crippen LogP contribution is -2.29. The lowest BCUT2D eigenvalue weighted by molar-refractivity contribution is 0.0696. The Morgan fingerprint density at radius 1 is 1.16 bits per heavy atom. The molecule has 0 saturated carbocycles. The summed E-state index contributed by atoms with van der Waals surface area (Å²) in [6.07, 6.45) is 2.43. The number of aromatic carboxylic acids is 1. The maximum absolute atomic E-state index is 12.2. The first-order valence-electron chi connectivity index (χ1n) is 6.68. The second-order valence-corrected chi connectivity index (χ2v) is 5.16. The monoisotopic (exact) mass is 261 g/mol. The van der Waals surface area contributed by atoms with E-state index in [1.54, 1.807) is 12.1 Å². The first-order chi connectivity index (χ1) is 9.08. The van der Waals surface area contributed by atoms with Gasteiger partial charge < -0.3 is 10.0 Å². The van der Waals surface area contributed by atoms with Crippen LogP contribution in [-0.2, 0) is 0 Å². The van der Waals surface area contributed by atoms with Crippen molar-refractivity contribution in [2.75, 3.05) is 19.6 Å². The van der Waals surface area contributed by atoms with E-state index in [1.807, 2.05) is 6.92 Å². The van der Waals surface area contributed by atoms with Gasteiger partial charge in [0.15, 0.2) is 5.78 Å². The smallest absolute Gasteiger partial charge is 0.335 e. The van der Waals surface area contributed by atoms with Crippen LogP contribution in [0, 0.1) is 5.92 Å². The van der Waals surface area contributed by atoms with Crippen molar-refractivity contribution in [1.29, 1.82) is 0 Å². The van der Waals surface area contributed by atoms with Gasteiger partial charge in [0.2, 0.25) is 0 Å². The molecule has 1 aliphatic rings. The second kappa shape index (κ2) is 5.97. The van der Waals surface area contributed by atoms with E-state index in [2.05, 4.69) is 4.90 Å². The largest absolute Gasteiger partial charge is 0.478 e. The lowest BCUT2D eigenvalue weighted by Gasteiger charge is -2.19. The van der Waals surface area contributed by atoms with Crippen LogP contribution in [0.25, 0.3) is 0 Å². The molecular weight excluding hydrogens is 242 g/mol. The van der Waals surface area contributed by atoms with Gasteiger partial charge in [-0.1, -0.05) is 19.1 Å². The highest BCUT2D eigenvalue weighted by atomic mass is 16.4. The normalized spacial score (nSPS) is 17.3. The average Bonchev–Trinajstić information content (AvgIpc) is 2.90. The first kappa shape index (κ1) is 13.7. The topological polar surface area (TPSA) is 57.6 Å². The Hall–Kier alpha value is -1.68. The maximum Gasteiger partial charge on any atom is 0.335 e. The number of ketones is 1. The predicted octanol–water partition coefficient (Wildman–Crippen LogP) is 2.30. The third-order valence-corrected chi connectivity index (χ3v) is 3.59. The summed E-state index contributed by atoms with van der Waals surface area (Å²) in [6, 6.07) is 6.18. The molecule has 0 aromatic heterocycles. The Bertz CT molecular complexity index is 461. The molecule has 1 aromatic rings. The van der Waals surface area contributed by atoms with Crippen molar-refractivity contribution in [1.82, 2.24) is 4.90 Å². The van der Waals surface area contributed by atoms with Crippen molar-refractivity contribution >= 4 is 11.8 Å². The summed E-state index contributed by atoms with van der Waals surface area (Å²) in [5, 5.41) is 8.82. The van der Waals surface area contributed by atoms with E-state index in [9.17, 15) is 9.59 Å². The van der Waals surface area contributed by atoms with Crippen LogP contribution in [0.15, 0.2) is 24.3 Å². The number of carbonyl (C=O) groups excluding carboxylic acids is 1. The molecule has 1 heterocycles. The molecule has 102 valence electrons. The zero-order chi connectivity index (χ0) is 13.8. The number of carboxylic acids is 1. The Labute approximate surface area is 113 Å². The van der Waals surface area contributed by atoms with E-state index in [-0.39, 0.29) is 17.3 Å². The molecule has 4 heteroatoms. The number of nitrogens with zero attached hydrogens (tertiary/aromatic N) is 1. The molecule has 4 nitrogen and oxygen atoms in total. The van der Waals surface area contributed by atoms with Gasteiger partial charge in [-0.3, -0.25) is 4.79 Å². The van der Waals surface area contributed by atoms with Gasteiger partial charge in [-0.25, -0.2) is 4.79 Å². The van der Waals surface area contributed by atoms with Crippen molar-refractivity contribution in [2.45, 2.75) is 19.8 Å². The number of hydrogen-bond donors (Lipinski definition) is 1. The Kier molecular flexibility index (Phi) is 4.32. The zero-order valence-electron chi connectivity index (χ0n) is 11.1. The van der Waals surface area contributed by atoms with E-state index < -0.39 is 5.97 Å². The zero-order valence-corrected chi connectivity index (χ0v) is 11.1. The van der Waals surface area contributed by atoms with Crippen molar-refractivity contribution in [2.24, 2.45) is 5.92 Å². The molecule has 1 atom stereocenters. The van der Waals surface area contributed by atoms with Gasteiger partial charge in [0, 0.05) is 18.0 Å². The summed E-state index contributed by atoms with van der Waals surface area (Å²) >= 11 is 0. The highest BCUT2D eigenvalue weighted by molar-refractivity contribution is 5.98. The molecule has 0 bridgehead atoms. The summed E-state index contributed by atoms with van der Waals surface area (Å²) in [7, 11) is 0. The number of carboxylic acid groups (broad SMARTS) is 1. The van der Waals surface area contributed by atoms with Crippen LogP contribution in [0.1, 0.15) is 40.5 Å². The van der Waals surface area contributed by atoms with Crippen LogP contribution in [-0.4, -0.2) is 41.4 Å². The lowest BCUT2D eigenvalue weighted by atomic mass is 9.98. The van der Waals surface area contributed by atoms with Crippen LogP contribution >= 0.6 is 0 Å². The molecule has 0 spiro atoms. The van der Waals surface area contributed by atoms with Gasteiger partial charge in [0.1, 0.15) is 0 Å². The van der Waals surface area contributed by atoms with Crippen LogP contribution in [0.4, 0.5) is 0 Å². The van der Waals surface area contributed by atoms with Crippen LogP contribution in [0.5, 0.6) is 0 Å². The van der Waals surface area contributed by atoms with Crippen molar-refractivity contribution in [3.8, 4) is 0 Å². The fourth-order valence-corrected chi connectivity index (χ4v) is 2.50. The summed E-state index contributed by atoms with van der Waals surface area (Å²) in [6.45, 7) is 4.89. The van der Waals surface area contributed by atoms with Gasteiger partial charge in [-0.15, -0.1) is 0 Å². The van der Waals surface area contributed by atoms with Crippen molar-refractivity contribution in [3.05, 3.63) is 35.4 Å². The summed E-state index contributed by atoms with van der Waals surface area (Å²) < 4.78 is 0. The first-order valence-corrected chi connectivity index (χ1v) is 6.68. The number of hydrogen-bond acceptors (Lipinski definition) is 3. The Morgan fingerprint density at radius 3 is 2.21 bits per heavy atom. The van der Waals surface area contributed by atoms with E-state index in [1.165, 1.54) is 25.0 Å². The van der Waals surface area contributed by atoms with Gasteiger partial charge >= 0.3 is 5.97 Å². The highest BCUT2D eigenvalue weighted by Crippen LogP contribution is 2.15. The molecule has 1 aliphatic heterocycles. The quantitative estimate of drug-likeness (QED) is 0.826. The van der Waals surface area contributed by atoms with E-state index in [4.69, 9.17) is 5.11 Å². The van der Waals surface area contributed by atoms with Gasteiger partial charge in [0.05, 0.1) is 5.56 Å². The molecule has 0 amide bonds. The third-order valence-electron chi connectivity index (χ3n) is 3.59. The minimum Gasteiger partial charge on any atom is -0.478 e. The SMILES string of the molecule is CC(CN1CCCC1)C(=O)c1ccc(C(=O)O)cc1. The molecule has 1 unspecified atom stereocenters. The van der Waals surface area contributed by atoms with Crippen molar-refractivity contribution in [3.63, 3.8) is 0 Å². The molecule has 0 radical (unpaired) electrons. The van der Waals surface area contributed by atoms with Crippen LogP contribution in [0.3, 0.4) is 0 Å².